The predicted molar refractivity (Wildman–Crippen MR) is 112 cm³/mol. The topological polar surface area (TPSA) is 64.2 Å². The Kier molecular flexibility index (Phi) is 3.51. The molecule has 5 rings (SSSR count). The van der Waals surface area contributed by atoms with Crippen molar-refractivity contribution >= 4 is 67.4 Å². The third-order valence-corrected chi connectivity index (χ3v) is 5.49. The van der Waals surface area contributed by atoms with Crippen LogP contribution in [-0.4, -0.2) is 16.4 Å². The van der Waals surface area contributed by atoms with Crippen molar-refractivity contribution in [3.05, 3.63) is 69.6 Å². The highest BCUT2D eigenvalue weighted by atomic mass is 127. The Hall–Kier alpha value is -2.87. The third kappa shape index (κ3) is 2.43. The van der Waals surface area contributed by atoms with Gasteiger partial charge < -0.3 is 8.98 Å². The monoisotopic (exact) mass is 468 g/mol. The van der Waals surface area contributed by atoms with E-state index < -0.39 is 11.8 Å². The van der Waals surface area contributed by atoms with Crippen molar-refractivity contribution in [2.24, 2.45) is 7.05 Å². The van der Waals surface area contributed by atoms with Crippen molar-refractivity contribution in [2.75, 3.05) is 0 Å². The number of rotatable bonds is 2. The summed E-state index contributed by atoms with van der Waals surface area (Å²) in [4.78, 5) is 25.3. The number of aromatic nitrogens is 1. The van der Waals surface area contributed by atoms with Gasteiger partial charge in [0.25, 0.3) is 11.8 Å². The van der Waals surface area contributed by atoms with E-state index >= 15 is 0 Å². The SMILES string of the molecule is Cn1cc(C2=C(c3cc4ccccc4o3)C(=O)NC2=O)c2cc(I)ccc21. The summed E-state index contributed by atoms with van der Waals surface area (Å²) in [6.45, 7) is 0. The highest BCUT2D eigenvalue weighted by Gasteiger charge is 2.35. The van der Waals surface area contributed by atoms with Crippen LogP contribution in [0.5, 0.6) is 0 Å². The van der Waals surface area contributed by atoms with Crippen LogP contribution in [0.4, 0.5) is 0 Å². The molecule has 0 bridgehead atoms. The first-order chi connectivity index (χ1) is 13.0. The lowest BCUT2D eigenvalue weighted by atomic mass is 9.99. The number of hydrogen-bond donors (Lipinski definition) is 1. The summed E-state index contributed by atoms with van der Waals surface area (Å²) in [5, 5.41) is 4.24. The molecular weight excluding hydrogens is 455 g/mol. The summed E-state index contributed by atoms with van der Waals surface area (Å²) in [5.41, 5.74) is 3.03. The maximum atomic E-state index is 12.7. The number of benzene rings is 2. The Morgan fingerprint density at radius 3 is 2.59 bits per heavy atom. The second-order valence-electron chi connectivity index (χ2n) is 6.50. The Morgan fingerprint density at radius 2 is 1.78 bits per heavy atom. The fourth-order valence-electron chi connectivity index (χ4n) is 3.62. The van der Waals surface area contributed by atoms with Gasteiger partial charge in [-0.1, -0.05) is 18.2 Å². The van der Waals surface area contributed by atoms with Crippen molar-refractivity contribution in [1.29, 1.82) is 0 Å². The lowest BCUT2D eigenvalue weighted by molar-refractivity contribution is -0.122. The number of hydrogen-bond acceptors (Lipinski definition) is 3. The molecule has 2 aromatic carbocycles. The fraction of sp³-hybridized carbons (Fsp3) is 0.0476. The van der Waals surface area contributed by atoms with Gasteiger partial charge in [0.15, 0.2) is 0 Å². The van der Waals surface area contributed by atoms with Gasteiger partial charge >= 0.3 is 0 Å². The maximum Gasteiger partial charge on any atom is 0.262 e. The molecule has 0 atom stereocenters. The average molecular weight is 468 g/mol. The summed E-state index contributed by atoms with van der Waals surface area (Å²) in [7, 11) is 1.93. The van der Waals surface area contributed by atoms with Crippen LogP contribution < -0.4 is 5.32 Å². The van der Waals surface area contributed by atoms with E-state index in [-0.39, 0.29) is 5.57 Å². The van der Waals surface area contributed by atoms with Crippen LogP contribution in [0.1, 0.15) is 11.3 Å². The first kappa shape index (κ1) is 16.3. The Labute approximate surface area is 167 Å². The average Bonchev–Trinajstić information content (AvgIpc) is 3.28. The molecule has 1 N–H and O–H groups in total. The zero-order chi connectivity index (χ0) is 18.7. The summed E-state index contributed by atoms with van der Waals surface area (Å²) in [6.07, 6.45) is 1.89. The van der Waals surface area contributed by atoms with E-state index in [1.807, 2.05) is 60.3 Å². The van der Waals surface area contributed by atoms with E-state index in [1.54, 1.807) is 6.07 Å². The molecule has 0 unspecified atom stereocenters. The van der Waals surface area contributed by atoms with Gasteiger partial charge in [0, 0.05) is 38.7 Å². The fourth-order valence-corrected chi connectivity index (χ4v) is 4.11. The number of nitrogens with zero attached hydrogens (tertiary/aromatic N) is 1. The first-order valence-corrected chi connectivity index (χ1v) is 9.44. The van der Waals surface area contributed by atoms with Crippen LogP contribution in [0.2, 0.25) is 0 Å². The molecule has 5 nitrogen and oxygen atoms in total. The van der Waals surface area contributed by atoms with Crippen LogP contribution in [0.25, 0.3) is 33.0 Å². The van der Waals surface area contributed by atoms with Crippen molar-refractivity contribution < 1.29 is 14.0 Å². The molecule has 132 valence electrons. The van der Waals surface area contributed by atoms with Crippen LogP contribution in [0.3, 0.4) is 0 Å². The summed E-state index contributed by atoms with van der Waals surface area (Å²) in [6, 6.07) is 15.4. The molecule has 2 aromatic heterocycles. The highest BCUT2D eigenvalue weighted by Crippen LogP contribution is 2.37. The molecule has 6 heteroatoms. The lowest BCUT2D eigenvalue weighted by Gasteiger charge is -2.01. The van der Waals surface area contributed by atoms with Crippen LogP contribution in [0, 0.1) is 3.57 Å². The molecule has 4 aromatic rings. The first-order valence-electron chi connectivity index (χ1n) is 8.37. The molecule has 0 saturated carbocycles. The van der Waals surface area contributed by atoms with E-state index in [0.29, 0.717) is 16.9 Å². The van der Waals surface area contributed by atoms with E-state index in [0.717, 1.165) is 25.4 Å². The van der Waals surface area contributed by atoms with Gasteiger partial charge in [-0.15, -0.1) is 0 Å². The van der Waals surface area contributed by atoms with E-state index in [9.17, 15) is 9.59 Å². The van der Waals surface area contributed by atoms with Crippen molar-refractivity contribution in [3.8, 4) is 0 Å². The minimum atomic E-state index is -0.434. The zero-order valence-corrected chi connectivity index (χ0v) is 16.4. The van der Waals surface area contributed by atoms with Crippen molar-refractivity contribution in [1.82, 2.24) is 9.88 Å². The molecule has 1 aliphatic heterocycles. The zero-order valence-electron chi connectivity index (χ0n) is 14.2. The standard InChI is InChI=1S/C21H13IN2O3/c1-24-10-14(13-9-12(22)6-7-15(13)24)18-19(21(26)23-20(18)25)17-8-11-4-2-3-5-16(11)27-17/h2-10H,1H3,(H,23,25,26). The van der Waals surface area contributed by atoms with Gasteiger partial charge in [0.2, 0.25) is 0 Å². The van der Waals surface area contributed by atoms with Crippen LogP contribution >= 0.6 is 22.6 Å². The molecule has 0 fully saturated rings. The number of furan rings is 1. The number of carbonyl (C=O) groups excluding carboxylic acids is 2. The number of aryl methyl sites for hydroxylation is 1. The van der Waals surface area contributed by atoms with Gasteiger partial charge in [0.1, 0.15) is 11.3 Å². The Bertz CT molecular complexity index is 1280. The summed E-state index contributed by atoms with van der Waals surface area (Å²) in [5.74, 6) is -0.435. The number of nitrogens with one attached hydrogen (secondary N) is 1. The number of carbonyl (C=O) groups is 2. The van der Waals surface area contributed by atoms with Crippen molar-refractivity contribution in [3.63, 3.8) is 0 Å². The number of amides is 2. The van der Waals surface area contributed by atoms with E-state index in [4.69, 9.17) is 4.42 Å². The smallest absolute Gasteiger partial charge is 0.262 e. The van der Waals surface area contributed by atoms with Gasteiger partial charge in [-0.2, -0.15) is 0 Å². The number of para-hydroxylation sites is 1. The third-order valence-electron chi connectivity index (χ3n) is 4.82. The van der Waals surface area contributed by atoms with Crippen LogP contribution in [0.15, 0.2) is 59.1 Å². The maximum absolute atomic E-state index is 12.7. The minimum Gasteiger partial charge on any atom is -0.456 e. The van der Waals surface area contributed by atoms with Gasteiger partial charge in [-0.3, -0.25) is 14.9 Å². The Morgan fingerprint density at radius 1 is 1.00 bits per heavy atom. The quantitative estimate of drug-likeness (QED) is 0.356. The molecule has 27 heavy (non-hydrogen) atoms. The normalized spacial score (nSPS) is 14.6. The van der Waals surface area contributed by atoms with Crippen molar-refractivity contribution in [2.45, 2.75) is 0 Å². The molecule has 0 aliphatic carbocycles. The molecule has 0 spiro atoms. The highest BCUT2D eigenvalue weighted by molar-refractivity contribution is 14.1. The Balaban J connectivity index is 1.83. The van der Waals surface area contributed by atoms with Gasteiger partial charge in [-0.25, -0.2) is 0 Å². The van der Waals surface area contributed by atoms with Gasteiger partial charge in [-0.05, 0) is 52.9 Å². The van der Waals surface area contributed by atoms with Crippen LogP contribution in [-0.2, 0) is 16.6 Å². The second kappa shape index (κ2) is 5.82. The van der Waals surface area contributed by atoms with Gasteiger partial charge in [0.05, 0.1) is 11.1 Å². The summed E-state index contributed by atoms with van der Waals surface area (Å²) >= 11 is 2.24. The molecular formula is C21H13IN2O3. The number of halogens is 1. The molecule has 2 amide bonds. The molecule has 0 saturated heterocycles. The molecule has 3 heterocycles. The number of imide groups is 1. The second-order valence-corrected chi connectivity index (χ2v) is 7.74. The largest absolute Gasteiger partial charge is 0.456 e. The van der Waals surface area contributed by atoms with E-state index in [1.165, 1.54) is 0 Å². The minimum absolute atomic E-state index is 0.280. The predicted octanol–water partition coefficient (Wildman–Crippen LogP) is 4.10. The summed E-state index contributed by atoms with van der Waals surface area (Å²) < 4.78 is 8.90. The number of fused-ring (bicyclic) bond motifs is 2. The molecule has 0 radical (unpaired) electrons. The van der Waals surface area contributed by atoms with E-state index in [2.05, 4.69) is 27.9 Å². The lowest BCUT2D eigenvalue weighted by Crippen LogP contribution is -2.22. The molecule has 1 aliphatic rings.